The monoisotopic (exact) mass is 386 g/mol. The molecule has 0 bridgehead atoms. The molecule has 4 rings (SSSR count). The van der Waals surface area contributed by atoms with Gasteiger partial charge in [-0.3, -0.25) is 4.79 Å². The van der Waals surface area contributed by atoms with Crippen LogP contribution in [0.3, 0.4) is 0 Å². The van der Waals surface area contributed by atoms with Crippen molar-refractivity contribution < 1.29 is 13.2 Å². The van der Waals surface area contributed by atoms with Gasteiger partial charge in [-0.05, 0) is 31.2 Å². The third-order valence-corrected chi connectivity index (χ3v) is 7.77. The molecule has 2 aliphatic heterocycles. The van der Waals surface area contributed by atoms with Crippen molar-refractivity contribution in [3.63, 3.8) is 0 Å². The predicted octanol–water partition coefficient (Wildman–Crippen LogP) is 2.91. The number of sulfone groups is 1. The van der Waals surface area contributed by atoms with Gasteiger partial charge in [0.1, 0.15) is 0 Å². The van der Waals surface area contributed by atoms with E-state index in [9.17, 15) is 13.2 Å². The summed E-state index contributed by atoms with van der Waals surface area (Å²) < 4.78 is 24.1. The second-order valence-corrected chi connectivity index (χ2v) is 9.94. The molecule has 2 aromatic rings. The Kier molecular flexibility index (Phi) is 4.36. The zero-order chi connectivity index (χ0) is 18.3. The van der Waals surface area contributed by atoms with Crippen LogP contribution in [0.2, 0.25) is 0 Å². The maximum Gasteiger partial charge on any atom is 0.279 e. The highest BCUT2D eigenvalue weighted by Gasteiger charge is 2.49. The maximum absolute atomic E-state index is 12.6. The summed E-state index contributed by atoms with van der Waals surface area (Å²) in [5.41, 5.74) is 2.40. The zero-order valence-electron chi connectivity index (χ0n) is 14.2. The molecule has 2 atom stereocenters. The average Bonchev–Trinajstić information content (AvgIpc) is 3.06. The van der Waals surface area contributed by atoms with Gasteiger partial charge < -0.3 is 4.90 Å². The molecule has 5 nitrogen and oxygen atoms in total. The van der Waals surface area contributed by atoms with Gasteiger partial charge in [0.15, 0.2) is 15.0 Å². The highest BCUT2D eigenvalue weighted by atomic mass is 32.2. The molecule has 2 aliphatic rings. The Bertz CT molecular complexity index is 987. The van der Waals surface area contributed by atoms with Gasteiger partial charge in [0.2, 0.25) is 0 Å². The molecule has 134 valence electrons. The lowest BCUT2D eigenvalue weighted by molar-refractivity contribution is 0.100. The van der Waals surface area contributed by atoms with Crippen molar-refractivity contribution in [1.29, 1.82) is 0 Å². The second-order valence-electron chi connectivity index (χ2n) is 6.58. The minimum absolute atomic E-state index is 0.0933. The molecule has 2 fully saturated rings. The van der Waals surface area contributed by atoms with Gasteiger partial charge in [0, 0.05) is 16.5 Å². The van der Waals surface area contributed by atoms with E-state index in [1.54, 1.807) is 6.07 Å². The van der Waals surface area contributed by atoms with E-state index in [0.29, 0.717) is 10.7 Å². The third kappa shape index (κ3) is 3.29. The number of hydrogen-bond acceptors (Lipinski definition) is 4. The summed E-state index contributed by atoms with van der Waals surface area (Å²) in [7, 11) is -3.06. The highest BCUT2D eigenvalue weighted by molar-refractivity contribution is 8.16. The molecule has 7 heteroatoms. The fraction of sp³-hybridized carbons (Fsp3) is 0.263. The number of amidine groups is 1. The molecule has 0 saturated carbocycles. The van der Waals surface area contributed by atoms with Crippen LogP contribution in [-0.4, -0.2) is 42.3 Å². The van der Waals surface area contributed by atoms with E-state index < -0.39 is 9.84 Å². The molecule has 0 radical (unpaired) electrons. The van der Waals surface area contributed by atoms with Crippen molar-refractivity contribution in [3.05, 3.63) is 65.7 Å². The number of rotatable bonds is 2. The summed E-state index contributed by atoms with van der Waals surface area (Å²) in [6, 6.07) is 16.7. The summed E-state index contributed by atoms with van der Waals surface area (Å²) in [5.74, 6) is -0.0828. The van der Waals surface area contributed by atoms with Crippen LogP contribution in [0.25, 0.3) is 0 Å². The van der Waals surface area contributed by atoms with Crippen molar-refractivity contribution in [3.8, 4) is 0 Å². The van der Waals surface area contributed by atoms with Gasteiger partial charge in [0.25, 0.3) is 5.91 Å². The molecule has 26 heavy (non-hydrogen) atoms. The number of thioether (sulfide) groups is 1. The van der Waals surface area contributed by atoms with Crippen LogP contribution in [-0.2, 0) is 9.84 Å². The summed E-state index contributed by atoms with van der Waals surface area (Å²) in [6.45, 7) is 1.93. The number of benzene rings is 2. The number of carbonyl (C=O) groups is 1. The van der Waals surface area contributed by atoms with Crippen molar-refractivity contribution in [1.82, 2.24) is 0 Å². The van der Waals surface area contributed by atoms with E-state index in [4.69, 9.17) is 0 Å². The van der Waals surface area contributed by atoms with Gasteiger partial charge >= 0.3 is 0 Å². The predicted molar refractivity (Wildman–Crippen MR) is 106 cm³/mol. The number of nitrogens with zero attached hydrogens (tertiary/aromatic N) is 2. The topological polar surface area (TPSA) is 66.8 Å². The fourth-order valence-electron chi connectivity index (χ4n) is 3.38. The first-order chi connectivity index (χ1) is 12.4. The number of aliphatic imine (C=N–C) groups is 1. The Labute approximate surface area is 157 Å². The lowest BCUT2D eigenvalue weighted by Crippen LogP contribution is -2.37. The van der Waals surface area contributed by atoms with Crippen LogP contribution in [0.5, 0.6) is 0 Å². The first kappa shape index (κ1) is 17.3. The van der Waals surface area contributed by atoms with Crippen molar-refractivity contribution >= 4 is 38.4 Å². The van der Waals surface area contributed by atoms with Gasteiger partial charge in [-0.1, -0.05) is 47.7 Å². The Hall–Kier alpha value is -2.12. The number of fused-ring (bicyclic) bond motifs is 1. The molecule has 0 unspecified atom stereocenters. The number of para-hydroxylation sites is 1. The minimum atomic E-state index is -3.06. The Morgan fingerprint density at radius 3 is 2.62 bits per heavy atom. The molecule has 1 amide bonds. The summed E-state index contributed by atoms with van der Waals surface area (Å²) >= 11 is 1.39. The third-order valence-electron chi connectivity index (χ3n) is 4.56. The highest BCUT2D eigenvalue weighted by Crippen LogP contribution is 2.40. The van der Waals surface area contributed by atoms with Crippen LogP contribution < -0.4 is 4.90 Å². The number of hydrogen-bond donors (Lipinski definition) is 0. The lowest BCUT2D eigenvalue weighted by atomic mass is 10.1. The fourth-order valence-corrected chi connectivity index (χ4v) is 7.30. The molecular formula is C19H18N2O3S2. The first-order valence-electron chi connectivity index (χ1n) is 8.34. The normalized spacial score (nSPS) is 25.4. The Morgan fingerprint density at radius 1 is 1.12 bits per heavy atom. The summed E-state index contributed by atoms with van der Waals surface area (Å²) in [4.78, 5) is 18.9. The van der Waals surface area contributed by atoms with Crippen LogP contribution in [0.4, 0.5) is 5.69 Å². The van der Waals surface area contributed by atoms with Crippen LogP contribution in [0.15, 0.2) is 59.6 Å². The Balaban J connectivity index is 1.72. The molecule has 2 heterocycles. The summed E-state index contributed by atoms with van der Waals surface area (Å²) in [5, 5.41) is 0.483. The standard InChI is InChI=1S/C19H18N2O3S2/c1-13-6-5-7-14(10-13)18(22)20-19-21(15-8-3-2-4-9-15)16-11-26(23,24)12-17(16)25-19/h2-10,16-17H,11-12H2,1H3/t16-,17-/m1/s1. The van der Waals surface area contributed by atoms with E-state index >= 15 is 0 Å². The molecule has 0 N–H and O–H groups in total. The maximum atomic E-state index is 12.6. The van der Waals surface area contributed by atoms with E-state index in [-0.39, 0.29) is 28.7 Å². The number of anilines is 1. The zero-order valence-corrected chi connectivity index (χ0v) is 15.8. The molecule has 0 aromatic heterocycles. The second kappa shape index (κ2) is 6.55. The molecule has 2 saturated heterocycles. The molecule has 0 spiro atoms. The van der Waals surface area contributed by atoms with Gasteiger partial charge in [0.05, 0.1) is 17.5 Å². The SMILES string of the molecule is Cc1cccc(C(=O)N=C2S[C@@H]3CS(=O)(=O)C[C@H]3N2c2ccccc2)c1. The van der Waals surface area contributed by atoms with E-state index in [1.165, 1.54) is 11.8 Å². The average molecular weight is 386 g/mol. The number of amides is 1. The first-order valence-corrected chi connectivity index (χ1v) is 11.0. The van der Waals surface area contributed by atoms with Crippen molar-refractivity contribution in [2.75, 3.05) is 16.4 Å². The van der Waals surface area contributed by atoms with E-state index in [2.05, 4.69) is 4.99 Å². The quantitative estimate of drug-likeness (QED) is 0.794. The van der Waals surface area contributed by atoms with E-state index in [0.717, 1.165) is 11.3 Å². The largest absolute Gasteiger partial charge is 0.316 e. The van der Waals surface area contributed by atoms with Crippen LogP contribution >= 0.6 is 11.8 Å². The molecular weight excluding hydrogens is 368 g/mol. The van der Waals surface area contributed by atoms with Gasteiger partial charge in [-0.15, -0.1) is 0 Å². The van der Waals surface area contributed by atoms with Crippen LogP contribution in [0, 0.1) is 6.92 Å². The lowest BCUT2D eigenvalue weighted by Gasteiger charge is -2.24. The van der Waals surface area contributed by atoms with Gasteiger partial charge in [-0.25, -0.2) is 8.42 Å². The molecule has 2 aromatic carbocycles. The number of carbonyl (C=O) groups excluding carboxylic acids is 1. The van der Waals surface area contributed by atoms with E-state index in [1.807, 2.05) is 60.4 Å². The minimum Gasteiger partial charge on any atom is -0.316 e. The smallest absolute Gasteiger partial charge is 0.279 e. The van der Waals surface area contributed by atoms with Crippen LogP contribution in [0.1, 0.15) is 15.9 Å². The summed E-state index contributed by atoms with van der Waals surface area (Å²) in [6.07, 6.45) is 0. The molecule has 0 aliphatic carbocycles. The van der Waals surface area contributed by atoms with Crippen molar-refractivity contribution in [2.45, 2.75) is 18.2 Å². The number of aryl methyl sites for hydroxylation is 1. The van der Waals surface area contributed by atoms with Crippen molar-refractivity contribution in [2.24, 2.45) is 4.99 Å². The Morgan fingerprint density at radius 2 is 1.88 bits per heavy atom. The van der Waals surface area contributed by atoms with Gasteiger partial charge in [-0.2, -0.15) is 4.99 Å².